The molecule has 204 valence electrons. The van der Waals surface area contributed by atoms with Gasteiger partial charge in [-0.15, -0.1) is 0 Å². The molecule has 4 rings (SSSR count). The highest BCUT2D eigenvalue weighted by atomic mass is 16.5. The number of β-lactam (4-membered cyclic amide) rings is 1. The molecule has 0 unspecified atom stereocenters. The van der Waals surface area contributed by atoms with Crippen LogP contribution >= 0.6 is 0 Å². The van der Waals surface area contributed by atoms with Gasteiger partial charge in [0, 0.05) is 32.7 Å². The minimum absolute atomic E-state index is 0.0934. The summed E-state index contributed by atoms with van der Waals surface area (Å²) in [5.74, 6) is -0.448. The first kappa shape index (κ1) is 27.8. The molecule has 4 amide bonds. The molecule has 2 aliphatic heterocycles. The number of benzene rings is 2. The van der Waals surface area contributed by atoms with Crippen LogP contribution in [0.15, 0.2) is 60.7 Å². The fourth-order valence-electron chi connectivity index (χ4n) is 5.41. The van der Waals surface area contributed by atoms with Crippen LogP contribution in [0.5, 0.6) is 0 Å². The smallest absolute Gasteiger partial charge is 0.327 e. The number of ether oxygens (including phenoxy) is 1. The number of hydrogen-bond acceptors (Lipinski definition) is 6. The van der Waals surface area contributed by atoms with E-state index in [0.717, 1.165) is 16.0 Å². The molecule has 1 atom stereocenters. The van der Waals surface area contributed by atoms with Crippen LogP contribution in [0.25, 0.3) is 0 Å². The van der Waals surface area contributed by atoms with E-state index < -0.39 is 23.7 Å². The lowest BCUT2D eigenvalue weighted by Gasteiger charge is -2.53. The summed E-state index contributed by atoms with van der Waals surface area (Å²) in [6, 6.07) is 18.2. The van der Waals surface area contributed by atoms with Crippen LogP contribution in [0.4, 0.5) is 4.79 Å². The van der Waals surface area contributed by atoms with Crippen molar-refractivity contribution in [2.45, 2.75) is 39.0 Å². The summed E-state index contributed by atoms with van der Waals surface area (Å²) < 4.78 is 6.06. The predicted molar refractivity (Wildman–Crippen MR) is 143 cm³/mol. The normalized spacial score (nSPS) is 19.4. The quantitative estimate of drug-likeness (QED) is 0.465. The van der Waals surface area contributed by atoms with Crippen LogP contribution in [0.1, 0.15) is 43.9 Å². The van der Waals surface area contributed by atoms with Crippen molar-refractivity contribution >= 4 is 17.8 Å². The Morgan fingerprint density at radius 1 is 0.974 bits per heavy atom. The van der Waals surface area contributed by atoms with E-state index in [2.05, 4.69) is 10.2 Å². The molecule has 2 heterocycles. The second-order valence-electron chi connectivity index (χ2n) is 9.85. The number of carbonyl (C=O) groups is 3. The Balaban J connectivity index is 1.47. The fourth-order valence-corrected chi connectivity index (χ4v) is 5.41. The molecule has 2 fully saturated rings. The molecule has 2 saturated heterocycles. The number of nitrogens with zero attached hydrogens (tertiary/aromatic N) is 3. The summed E-state index contributed by atoms with van der Waals surface area (Å²) in [5, 5.41) is 12.2. The zero-order valence-electron chi connectivity index (χ0n) is 22.2. The highest BCUT2D eigenvalue weighted by molar-refractivity contribution is 6.03. The van der Waals surface area contributed by atoms with Crippen LogP contribution in [0, 0.1) is 5.41 Å². The standard InChI is InChI=1S/C29H38N4O5/c1-3-29(4-2)26(36)33(27(29)38-21-24(35)32-17-15-31(16-18-32)19-20-34)28(37)30-25(22-11-7-5-8-12-22)23-13-9-6-10-14-23/h5-14,25,27,34H,3-4,15-21H2,1-2H3,(H,30,37)/t27-/m0/s1. The zero-order valence-corrected chi connectivity index (χ0v) is 22.2. The molecule has 0 bridgehead atoms. The average Bonchev–Trinajstić information content (AvgIpc) is 2.96. The number of nitrogens with one attached hydrogen (secondary N) is 1. The molecule has 9 heteroatoms. The number of aliphatic hydroxyl groups is 1. The van der Waals surface area contributed by atoms with E-state index in [0.29, 0.717) is 45.6 Å². The number of β-amino-alcohol motifs (C(OH)–C–C–N with tert-alkyl or cyclic N) is 1. The van der Waals surface area contributed by atoms with Gasteiger partial charge >= 0.3 is 6.03 Å². The summed E-state index contributed by atoms with van der Waals surface area (Å²) >= 11 is 0. The number of likely N-dealkylation sites (tertiary alicyclic amines) is 1. The zero-order chi connectivity index (χ0) is 27.1. The van der Waals surface area contributed by atoms with E-state index in [4.69, 9.17) is 9.84 Å². The maximum atomic E-state index is 13.6. The lowest BCUT2D eigenvalue weighted by molar-refractivity contribution is -0.212. The first-order valence-electron chi connectivity index (χ1n) is 13.4. The largest absolute Gasteiger partial charge is 0.395 e. The van der Waals surface area contributed by atoms with Gasteiger partial charge in [0.15, 0.2) is 6.23 Å². The van der Waals surface area contributed by atoms with Crippen LogP contribution in [-0.2, 0) is 14.3 Å². The summed E-state index contributed by atoms with van der Waals surface area (Å²) in [7, 11) is 0. The lowest BCUT2D eigenvalue weighted by Crippen LogP contribution is -2.73. The van der Waals surface area contributed by atoms with Crippen molar-refractivity contribution in [3.8, 4) is 0 Å². The first-order chi connectivity index (χ1) is 18.4. The molecule has 2 aliphatic rings. The monoisotopic (exact) mass is 522 g/mol. The molecule has 2 aromatic carbocycles. The molecule has 0 aromatic heterocycles. The van der Waals surface area contributed by atoms with Crippen molar-refractivity contribution in [1.29, 1.82) is 0 Å². The number of hydrogen-bond donors (Lipinski definition) is 2. The van der Waals surface area contributed by atoms with Crippen LogP contribution in [0.2, 0.25) is 0 Å². The molecule has 9 nitrogen and oxygen atoms in total. The minimum Gasteiger partial charge on any atom is -0.395 e. The van der Waals surface area contributed by atoms with E-state index >= 15 is 0 Å². The van der Waals surface area contributed by atoms with Gasteiger partial charge in [-0.05, 0) is 24.0 Å². The van der Waals surface area contributed by atoms with Gasteiger partial charge in [-0.2, -0.15) is 0 Å². The van der Waals surface area contributed by atoms with E-state index in [1.165, 1.54) is 0 Å². The summed E-state index contributed by atoms with van der Waals surface area (Å²) in [6.45, 7) is 6.79. The Morgan fingerprint density at radius 2 is 1.53 bits per heavy atom. The predicted octanol–water partition coefficient (Wildman–Crippen LogP) is 2.61. The highest BCUT2D eigenvalue weighted by Gasteiger charge is 2.62. The van der Waals surface area contributed by atoms with Crippen molar-refractivity contribution in [3.63, 3.8) is 0 Å². The number of piperazine rings is 1. The molecule has 2 aromatic rings. The number of imide groups is 1. The highest BCUT2D eigenvalue weighted by Crippen LogP contribution is 2.46. The van der Waals surface area contributed by atoms with Crippen molar-refractivity contribution in [1.82, 2.24) is 20.0 Å². The molecular weight excluding hydrogens is 484 g/mol. The van der Waals surface area contributed by atoms with Gasteiger partial charge in [0.05, 0.1) is 18.1 Å². The average molecular weight is 523 g/mol. The van der Waals surface area contributed by atoms with Gasteiger partial charge in [0.1, 0.15) is 6.61 Å². The maximum Gasteiger partial charge on any atom is 0.327 e. The van der Waals surface area contributed by atoms with Gasteiger partial charge < -0.3 is 20.1 Å². The Hall–Kier alpha value is -3.27. The second kappa shape index (κ2) is 12.5. The van der Waals surface area contributed by atoms with Gasteiger partial charge in [-0.3, -0.25) is 14.5 Å². The van der Waals surface area contributed by atoms with Gasteiger partial charge in [-0.25, -0.2) is 9.69 Å². The van der Waals surface area contributed by atoms with Crippen molar-refractivity contribution in [2.24, 2.45) is 5.41 Å². The Labute approximate surface area is 224 Å². The van der Waals surface area contributed by atoms with Crippen molar-refractivity contribution in [2.75, 3.05) is 45.9 Å². The van der Waals surface area contributed by atoms with Crippen molar-refractivity contribution < 1.29 is 24.2 Å². The Bertz CT molecular complexity index is 1050. The first-order valence-corrected chi connectivity index (χ1v) is 13.4. The number of carbonyl (C=O) groups excluding carboxylic acids is 3. The minimum atomic E-state index is -0.841. The van der Waals surface area contributed by atoms with Gasteiger partial charge in [0.25, 0.3) is 0 Å². The third kappa shape index (κ3) is 5.60. The van der Waals surface area contributed by atoms with Crippen LogP contribution in [0.3, 0.4) is 0 Å². The summed E-state index contributed by atoms with van der Waals surface area (Å²) in [6.07, 6.45) is 0.189. The maximum absolute atomic E-state index is 13.6. The lowest BCUT2D eigenvalue weighted by atomic mass is 9.72. The fraction of sp³-hybridized carbons (Fsp3) is 0.483. The topological polar surface area (TPSA) is 102 Å². The molecule has 0 radical (unpaired) electrons. The van der Waals surface area contributed by atoms with E-state index in [9.17, 15) is 14.4 Å². The third-order valence-electron chi connectivity index (χ3n) is 7.87. The summed E-state index contributed by atoms with van der Waals surface area (Å²) in [4.78, 5) is 44.8. The van der Waals surface area contributed by atoms with E-state index in [1.54, 1.807) is 4.90 Å². The molecule has 0 spiro atoms. The van der Waals surface area contributed by atoms with E-state index in [-0.39, 0.29) is 25.0 Å². The van der Waals surface area contributed by atoms with Crippen molar-refractivity contribution in [3.05, 3.63) is 71.8 Å². The third-order valence-corrected chi connectivity index (χ3v) is 7.87. The van der Waals surface area contributed by atoms with Crippen LogP contribution < -0.4 is 5.32 Å². The Morgan fingerprint density at radius 3 is 2.03 bits per heavy atom. The second-order valence-corrected chi connectivity index (χ2v) is 9.85. The Kier molecular flexibility index (Phi) is 9.14. The SMILES string of the molecule is CCC1(CC)C(=O)N(C(=O)NC(c2ccccc2)c2ccccc2)[C@H]1OCC(=O)N1CCN(CCO)CC1. The molecular formula is C29H38N4O5. The van der Waals surface area contributed by atoms with Gasteiger partial charge in [0.2, 0.25) is 11.8 Å². The van der Waals surface area contributed by atoms with E-state index in [1.807, 2.05) is 74.5 Å². The van der Waals surface area contributed by atoms with Crippen LogP contribution in [-0.4, -0.2) is 89.8 Å². The molecule has 2 N–H and O–H groups in total. The number of urea groups is 1. The number of aliphatic hydroxyl groups excluding tert-OH is 1. The molecule has 0 saturated carbocycles. The number of amides is 4. The van der Waals surface area contributed by atoms with Gasteiger partial charge in [-0.1, -0.05) is 74.5 Å². The molecule has 0 aliphatic carbocycles. The number of rotatable bonds is 10. The summed E-state index contributed by atoms with van der Waals surface area (Å²) in [5.41, 5.74) is 0.947. The molecule has 38 heavy (non-hydrogen) atoms.